The molecule has 0 spiro atoms. The van der Waals surface area contributed by atoms with E-state index >= 15 is 0 Å². The molecule has 2 heterocycles. The van der Waals surface area contributed by atoms with Crippen LogP contribution in [0.1, 0.15) is 12.8 Å². The lowest BCUT2D eigenvalue weighted by atomic mass is 10.1. The van der Waals surface area contributed by atoms with Crippen molar-refractivity contribution in [2.24, 2.45) is 5.73 Å². The fourth-order valence-corrected chi connectivity index (χ4v) is 3.74. The summed E-state index contributed by atoms with van der Waals surface area (Å²) >= 11 is 0. The molecule has 160 valence electrons. The highest BCUT2D eigenvalue weighted by atomic mass is 16.5. The summed E-state index contributed by atoms with van der Waals surface area (Å²) < 4.78 is 16.2. The van der Waals surface area contributed by atoms with Crippen LogP contribution in [0.3, 0.4) is 0 Å². The molecule has 0 unspecified atom stereocenters. The van der Waals surface area contributed by atoms with Gasteiger partial charge in [0.05, 0.1) is 12.7 Å². The van der Waals surface area contributed by atoms with E-state index in [1.807, 2.05) is 0 Å². The van der Waals surface area contributed by atoms with Gasteiger partial charge in [-0.15, -0.1) is 0 Å². The fraction of sp³-hybridized carbons (Fsp3) is 0.261. The van der Waals surface area contributed by atoms with Crippen LogP contribution in [0.15, 0.2) is 57.7 Å². The molecular formula is C23H22N2O6. The van der Waals surface area contributed by atoms with Crippen LogP contribution in [0.5, 0.6) is 11.5 Å². The third-order valence-electron chi connectivity index (χ3n) is 5.37. The molecule has 31 heavy (non-hydrogen) atoms. The minimum absolute atomic E-state index is 0.233. The summed E-state index contributed by atoms with van der Waals surface area (Å²) in [6.07, 6.45) is 1.30. The Kier molecular flexibility index (Phi) is 5.62. The normalized spacial score (nSPS) is 15.8. The molecule has 8 nitrogen and oxygen atoms in total. The monoisotopic (exact) mass is 422 g/mol. The van der Waals surface area contributed by atoms with Gasteiger partial charge in [-0.2, -0.15) is 0 Å². The smallest absolute Gasteiger partial charge is 0.344 e. The van der Waals surface area contributed by atoms with Crippen LogP contribution in [0.2, 0.25) is 0 Å². The average Bonchev–Trinajstić information content (AvgIpc) is 3.27. The summed E-state index contributed by atoms with van der Waals surface area (Å²) in [5.41, 5.74) is 6.38. The van der Waals surface area contributed by atoms with Gasteiger partial charge in [0.25, 0.3) is 5.91 Å². The Labute approximate surface area is 178 Å². The molecule has 2 amide bonds. The minimum atomic E-state index is -0.581. The Hall–Kier alpha value is -3.81. The highest BCUT2D eigenvalue weighted by Crippen LogP contribution is 2.26. The number of carbonyl (C=O) groups excluding carboxylic acids is 2. The summed E-state index contributed by atoms with van der Waals surface area (Å²) in [7, 11) is 1.58. The SMILES string of the molecule is COc1ccc(-c2cc3ccc(OCC(=O)N4CCC[C@H]4C(N)=O)cc3oc2=O)cc1. The van der Waals surface area contributed by atoms with Crippen molar-refractivity contribution in [1.29, 1.82) is 0 Å². The Morgan fingerprint density at radius 2 is 1.87 bits per heavy atom. The van der Waals surface area contributed by atoms with Crippen molar-refractivity contribution in [2.45, 2.75) is 18.9 Å². The molecule has 0 saturated carbocycles. The van der Waals surface area contributed by atoms with Gasteiger partial charge in [0.15, 0.2) is 6.61 Å². The van der Waals surface area contributed by atoms with Crippen molar-refractivity contribution >= 4 is 22.8 Å². The van der Waals surface area contributed by atoms with E-state index in [0.29, 0.717) is 35.6 Å². The number of rotatable bonds is 6. The van der Waals surface area contributed by atoms with Crippen molar-refractivity contribution in [1.82, 2.24) is 4.90 Å². The number of likely N-dealkylation sites (tertiary alicyclic amines) is 1. The van der Waals surface area contributed by atoms with Gasteiger partial charge in [0.1, 0.15) is 23.1 Å². The van der Waals surface area contributed by atoms with Crippen LogP contribution in [0.4, 0.5) is 0 Å². The zero-order valence-corrected chi connectivity index (χ0v) is 17.0. The largest absolute Gasteiger partial charge is 0.497 e. The minimum Gasteiger partial charge on any atom is -0.497 e. The van der Waals surface area contributed by atoms with E-state index in [1.54, 1.807) is 55.6 Å². The zero-order valence-electron chi connectivity index (χ0n) is 17.0. The maximum atomic E-state index is 12.5. The van der Waals surface area contributed by atoms with Crippen molar-refractivity contribution in [3.63, 3.8) is 0 Å². The van der Waals surface area contributed by atoms with Crippen molar-refractivity contribution in [3.05, 3.63) is 59.0 Å². The van der Waals surface area contributed by atoms with Crippen LogP contribution >= 0.6 is 0 Å². The van der Waals surface area contributed by atoms with Crippen LogP contribution < -0.4 is 20.8 Å². The Morgan fingerprint density at radius 3 is 2.58 bits per heavy atom. The average molecular weight is 422 g/mol. The second-order valence-corrected chi connectivity index (χ2v) is 7.31. The van der Waals surface area contributed by atoms with Gasteiger partial charge < -0.3 is 24.5 Å². The molecule has 1 aliphatic heterocycles. The van der Waals surface area contributed by atoms with Gasteiger partial charge in [0.2, 0.25) is 5.91 Å². The van der Waals surface area contributed by atoms with Crippen molar-refractivity contribution < 1.29 is 23.5 Å². The van der Waals surface area contributed by atoms with E-state index in [1.165, 1.54) is 4.90 Å². The summed E-state index contributed by atoms with van der Waals surface area (Å²) in [4.78, 5) is 37.8. The predicted octanol–water partition coefficient (Wildman–Crippen LogP) is 2.32. The number of benzene rings is 2. The van der Waals surface area contributed by atoms with Crippen molar-refractivity contribution in [2.75, 3.05) is 20.3 Å². The van der Waals surface area contributed by atoms with E-state index < -0.39 is 17.6 Å². The molecule has 2 aromatic carbocycles. The number of ether oxygens (including phenoxy) is 2. The first kappa shape index (κ1) is 20.5. The van der Waals surface area contributed by atoms with E-state index in [4.69, 9.17) is 19.6 Å². The Morgan fingerprint density at radius 1 is 1.13 bits per heavy atom. The van der Waals surface area contributed by atoms with Crippen LogP contribution in [0, 0.1) is 0 Å². The molecule has 1 atom stereocenters. The van der Waals surface area contributed by atoms with Crippen LogP contribution in [0.25, 0.3) is 22.1 Å². The molecular weight excluding hydrogens is 400 g/mol. The Balaban J connectivity index is 1.51. The first-order valence-electron chi connectivity index (χ1n) is 9.90. The topological polar surface area (TPSA) is 112 Å². The number of hydrogen-bond acceptors (Lipinski definition) is 6. The molecule has 1 aromatic heterocycles. The molecule has 1 fully saturated rings. The first-order chi connectivity index (χ1) is 15.0. The number of primary amides is 1. The highest BCUT2D eigenvalue weighted by molar-refractivity contribution is 5.88. The van der Waals surface area contributed by atoms with Gasteiger partial charge in [-0.1, -0.05) is 12.1 Å². The number of fused-ring (bicyclic) bond motifs is 1. The lowest BCUT2D eigenvalue weighted by Crippen LogP contribution is -2.45. The molecule has 8 heteroatoms. The molecule has 0 bridgehead atoms. The Bertz CT molecular complexity index is 1180. The van der Waals surface area contributed by atoms with Gasteiger partial charge >= 0.3 is 5.63 Å². The fourth-order valence-electron chi connectivity index (χ4n) is 3.74. The van der Waals surface area contributed by atoms with Gasteiger partial charge in [-0.05, 0) is 48.7 Å². The lowest BCUT2D eigenvalue weighted by molar-refractivity contribution is -0.138. The first-order valence-corrected chi connectivity index (χ1v) is 9.90. The second kappa shape index (κ2) is 8.51. The van der Waals surface area contributed by atoms with E-state index in [0.717, 1.165) is 17.4 Å². The lowest BCUT2D eigenvalue weighted by Gasteiger charge is -2.22. The van der Waals surface area contributed by atoms with E-state index in [-0.39, 0.29) is 12.5 Å². The summed E-state index contributed by atoms with van der Waals surface area (Å²) in [5.74, 6) is 0.265. The molecule has 0 radical (unpaired) electrons. The molecule has 1 aliphatic rings. The van der Waals surface area contributed by atoms with Gasteiger partial charge in [-0.25, -0.2) is 4.79 Å². The van der Waals surface area contributed by atoms with Gasteiger partial charge in [0, 0.05) is 18.0 Å². The summed E-state index contributed by atoms with van der Waals surface area (Å²) in [5, 5.41) is 0.720. The number of nitrogens with two attached hydrogens (primary N) is 1. The second-order valence-electron chi connectivity index (χ2n) is 7.31. The number of nitrogens with zero attached hydrogens (tertiary/aromatic N) is 1. The number of amides is 2. The third kappa shape index (κ3) is 4.23. The predicted molar refractivity (Wildman–Crippen MR) is 114 cm³/mol. The number of carbonyl (C=O) groups is 2. The number of hydrogen-bond donors (Lipinski definition) is 1. The summed E-state index contributed by atoms with van der Waals surface area (Å²) in [6.45, 7) is 0.250. The quantitative estimate of drug-likeness (QED) is 0.610. The van der Waals surface area contributed by atoms with E-state index in [9.17, 15) is 14.4 Å². The molecule has 1 saturated heterocycles. The van der Waals surface area contributed by atoms with Crippen molar-refractivity contribution in [3.8, 4) is 22.6 Å². The van der Waals surface area contributed by atoms with E-state index in [2.05, 4.69) is 0 Å². The maximum absolute atomic E-state index is 12.5. The molecule has 0 aliphatic carbocycles. The van der Waals surface area contributed by atoms with Crippen LogP contribution in [-0.2, 0) is 9.59 Å². The zero-order chi connectivity index (χ0) is 22.0. The highest BCUT2D eigenvalue weighted by Gasteiger charge is 2.32. The summed E-state index contributed by atoms with van der Waals surface area (Å²) in [6, 6.07) is 13.3. The molecule has 2 N–H and O–H groups in total. The van der Waals surface area contributed by atoms with Crippen LogP contribution in [-0.4, -0.2) is 43.0 Å². The van der Waals surface area contributed by atoms with Gasteiger partial charge in [-0.3, -0.25) is 9.59 Å². The third-order valence-corrected chi connectivity index (χ3v) is 5.37. The number of methoxy groups -OCH3 is 1. The molecule has 4 rings (SSSR count). The standard InChI is InChI=1S/C23H22N2O6/c1-29-16-7-4-14(5-8-16)18-11-15-6-9-17(12-20(15)31-23(18)28)30-13-21(26)25-10-2-3-19(25)22(24)27/h4-9,11-12,19H,2-3,10,13H2,1H3,(H2,24,27)/t19-/m0/s1. The molecule has 3 aromatic rings. The maximum Gasteiger partial charge on any atom is 0.344 e.